The molecule has 1 aliphatic heterocycles. The summed E-state index contributed by atoms with van der Waals surface area (Å²) in [6.07, 6.45) is 0.784. The lowest BCUT2D eigenvalue weighted by molar-refractivity contribution is -0.131. The van der Waals surface area contributed by atoms with E-state index in [9.17, 15) is 4.79 Å². The van der Waals surface area contributed by atoms with Gasteiger partial charge < -0.3 is 15.8 Å². The van der Waals surface area contributed by atoms with Gasteiger partial charge in [-0.15, -0.1) is 0 Å². The van der Waals surface area contributed by atoms with Gasteiger partial charge >= 0.3 is 0 Å². The van der Waals surface area contributed by atoms with Crippen LogP contribution in [0, 0.1) is 0 Å². The minimum atomic E-state index is -0.0401. The SMILES string of the molecule is Nc1ccc(CC2COCC(=O)N2)cc1. The summed E-state index contributed by atoms with van der Waals surface area (Å²) >= 11 is 0. The Bertz CT molecular complexity index is 348. The topological polar surface area (TPSA) is 64.3 Å². The smallest absolute Gasteiger partial charge is 0.246 e. The number of amides is 1. The highest BCUT2D eigenvalue weighted by atomic mass is 16.5. The quantitative estimate of drug-likeness (QED) is 0.685. The van der Waals surface area contributed by atoms with Crippen LogP contribution < -0.4 is 11.1 Å². The first-order valence-electron chi connectivity index (χ1n) is 4.95. The molecule has 0 saturated carbocycles. The number of benzene rings is 1. The second-order valence-corrected chi connectivity index (χ2v) is 3.73. The predicted molar refractivity (Wildman–Crippen MR) is 57.3 cm³/mol. The first-order valence-corrected chi connectivity index (χ1v) is 4.95. The van der Waals surface area contributed by atoms with Crippen molar-refractivity contribution in [2.45, 2.75) is 12.5 Å². The Morgan fingerprint density at radius 3 is 2.80 bits per heavy atom. The second-order valence-electron chi connectivity index (χ2n) is 3.73. The summed E-state index contributed by atoms with van der Waals surface area (Å²) in [5.74, 6) is -0.0401. The number of nitrogen functional groups attached to an aromatic ring is 1. The number of carbonyl (C=O) groups is 1. The number of hydrogen-bond acceptors (Lipinski definition) is 3. The zero-order chi connectivity index (χ0) is 10.7. The molecule has 1 amide bonds. The highest BCUT2D eigenvalue weighted by Crippen LogP contribution is 2.09. The van der Waals surface area contributed by atoms with Gasteiger partial charge in [0.25, 0.3) is 0 Å². The van der Waals surface area contributed by atoms with Gasteiger partial charge in [-0.1, -0.05) is 12.1 Å². The summed E-state index contributed by atoms with van der Waals surface area (Å²) in [6, 6.07) is 7.74. The molecule has 1 saturated heterocycles. The fourth-order valence-electron chi connectivity index (χ4n) is 1.65. The summed E-state index contributed by atoms with van der Waals surface area (Å²) in [5.41, 5.74) is 7.49. The molecule has 4 heteroatoms. The predicted octanol–water partition coefficient (Wildman–Crippen LogP) is 0.326. The number of rotatable bonds is 2. The van der Waals surface area contributed by atoms with Crippen LogP contribution in [0.3, 0.4) is 0 Å². The van der Waals surface area contributed by atoms with Gasteiger partial charge in [0.15, 0.2) is 0 Å². The first kappa shape index (κ1) is 9.98. The van der Waals surface area contributed by atoms with Gasteiger partial charge in [0.05, 0.1) is 12.6 Å². The van der Waals surface area contributed by atoms with Crippen LogP contribution >= 0.6 is 0 Å². The lowest BCUT2D eigenvalue weighted by atomic mass is 10.1. The van der Waals surface area contributed by atoms with E-state index in [-0.39, 0.29) is 18.6 Å². The number of nitrogens with two attached hydrogens (primary N) is 1. The maximum atomic E-state index is 11.1. The van der Waals surface area contributed by atoms with E-state index in [0.29, 0.717) is 6.61 Å². The minimum Gasteiger partial charge on any atom is -0.399 e. The van der Waals surface area contributed by atoms with E-state index in [1.807, 2.05) is 24.3 Å². The van der Waals surface area contributed by atoms with Crippen molar-refractivity contribution in [3.05, 3.63) is 29.8 Å². The number of morpholine rings is 1. The Morgan fingerprint density at radius 1 is 1.40 bits per heavy atom. The van der Waals surface area contributed by atoms with Gasteiger partial charge in [-0.05, 0) is 24.1 Å². The molecule has 4 nitrogen and oxygen atoms in total. The Hall–Kier alpha value is -1.55. The molecule has 1 aromatic carbocycles. The molecule has 0 bridgehead atoms. The van der Waals surface area contributed by atoms with Crippen molar-refractivity contribution >= 4 is 11.6 Å². The molecule has 1 atom stereocenters. The van der Waals surface area contributed by atoms with Gasteiger partial charge in [0, 0.05) is 5.69 Å². The molecule has 1 aromatic rings. The Labute approximate surface area is 88.4 Å². The molecule has 0 radical (unpaired) electrons. The number of hydrogen-bond donors (Lipinski definition) is 2. The van der Waals surface area contributed by atoms with Crippen LogP contribution in [0.2, 0.25) is 0 Å². The monoisotopic (exact) mass is 206 g/mol. The Balaban J connectivity index is 1.96. The molecule has 0 spiro atoms. The number of ether oxygens (including phenoxy) is 1. The first-order chi connectivity index (χ1) is 7.24. The summed E-state index contributed by atoms with van der Waals surface area (Å²) in [6.45, 7) is 0.758. The van der Waals surface area contributed by atoms with Gasteiger partial charge in [0.1, 0.15) is 6.61 Å². The third-order valence-corrected chi connectivity index (χ3v) is 2.38. The van der Waals surface area contributed by atoms with Crippen LogP contribution in [0.15, 0.2) is 24.3 Å². The molecule has 1 unspecified atom stereocenters. The van der Waals surface area contributed by atoms with E-state index in [2.05, 4.69) is 5.32 Å². The average molecular weight is 206 g/mol. The average Bonchev–Trinajstić information content (AvgIpc) is 2.22. The third-order valence-electron chi connectivity index (χ3n) is 2.38. The van der Waals surface area contributed by atoms with Crippen LogP contribution in [-0.4, -0.2) is 25.2 Å². The second kappa shape index (κ2) is 4.31. The van der Waals surface area contributed by atoms with Crippen molar-refractivity contribution in [3.8, 4) is 0 Å². The maximum Gasteiger partial charge on any atom is 0.246 e. The molecule has 15 heavy (non-hydrogen) atoms. The molecular weight excluding hydrogens is 192 g/mol. The number of anilines is 1. The standard InChI is InChI=1S/C11H14N2O2/c12-9-3-1-8(2-4-9)5-10-6-15-7-11(14)13-10/h1-4,10H,5-7,12H2,(H,13,14). The highest BCUT2D eigenvalue weighted by Gasteiger charge is 2.18. The molecule has 2 rings (SSSR count). The summed E-state index contributed by atoms with van der Waals surface area (Å²) in [5, 5.41) is 2.88. The highest BCUT2D eigenvalue weighted by molar-refractivity contribution is 5.78. The van der Waals surface area contributed by atoms with Crippen molar-refractivity contribution in [1.82, 2.24) is 5.32 Å². The number of nitrogens with one attached hydrogen (secondary N) is 1. The van der Waals surface area contributed by atoms with Crippen LogP contribution in [0.1, 0.15) is 5.56 Å². The zero-order valence-electron chi connectivity index (χ0n) is 8.40. The third kappa shape index (κ3) is 2.70. The maximum absolute atomic E-state index is 11.1. The lowest BCUT2D eigenvalue weighted by Crippen LogP contribution is -2.46. The molecule has 80 valence electrons. The number of carbonyl (C=O) groups excluding carboxylic acids is 1. The molecular formula is C11H14N2O2. The molecule has 0 aromatic heterocycles. The lowest BCUT2D eigenvalue weighted by Gasteiger charge is -2.23. The largest absolute Gasteiger partial charge is 0.399 e. The summed E-state index contributed by atoms with van der Waals surface area (Å²) in [4.78, 5) is 11.1. The fraction of sp³-hybridized carbons (Fsp3) is 0.364. The van der Waals surface area contributed by atoms with E-state index >= 15 is 0 Å². The normalized spacial score (nSPS) is 21.1. The molecule has 1 aliphatic rings. The van der Waals surface area contributed by atoms with E-state index in [4.69, 9.17) is 10.5 Å². The van der Waals surface area contributed by atoms with E-state index in [0.717, 1.165) is 17.7 Å². The zero-order valence-corrected chi connectivity index (χ0v) is 8.40. The van der Waals surface area contributed by atoms with Gasteiger partial charge in [-0.25, -0.2) is 0 Å². The van der Waals surface area contributed by atoms with E-state index in [1.54, 1.807) is 0 Å². The van der Waals surface area contributed by atoms with Gasteiger partial charge in [0.2, 0.25) is 5.91 Å². The molecule has 0 aliphatic carbocycles. The van der Waals surface area contributed by atoms with Crippen LogP contribution in [0.4, 0.5) is 5.69 Å². The van der Waals surface area contributed by atoms with Crippen molar-refractivity contribution in [1.29, 1.82) is 0 Å². The molecule has 1 fully saturated rings. The summed E-state index contributed by atoms with van der Waals surface area (Å²) < 4.78 is 5.15. The van der Waals surface area contributed by atoms with Crippen molar-refractivity contribution in [2.24, 2.45) is 0 Å². The summed E-state index contributed by atoms with van der Waals surface area (Å²) in [7, 11) is 0. The van der Waals surface area contributed by atoms with Crippen molar-refractivity contribution < 1.29 is 9.53 Å². The van der Waals surface area contributed by atoms with Crippen molar-refractivity contribution in [2.75, 3.05) is 18.9 Å². The van der Waals surface area contributed by atoms with Gasteiger partial charge in [-0.2, -0.15) is 0 Å². The fourth-order valence-corrected chi connectivity index (χ4v) is 1.65. The van der Waals surface area contributed by atoms with E-state index < -0.39 is 0 Å². The van der Waals surface area contributed by atoms with Crippen LogP contribution in [0.25, 0.3) is 0 Å². The van der Waals surface area contributed by atoms with Gasteiger partial charge in [-0.3, -0.25) is 4.79 Å². The Morgan fingerprint density at radius 2 is 2.13 bits per heavy atom. The minimum absolute atomic E-state index is 0.0401. The molecule has 3 N–H and O–H groups in total. The van der Waals surface area contributed by atoms with E-state index in [1.165, 1.54) is 0 Å². The van der Waals surface area contributed by atoms with Crippen LogP contribution in [0.5, 0.6) is 0 Å². The van der Waals surface area contributed by atoms with Crippen LogP contribution in [-0.2, 0) is 16.0 Å². The Kier molecular flexibility index (Phi) is 2.87. The molecule has 1 heterocycles. The van der Waals surface area contributed by atoms with Crippen molar-refractivity contribution in [3.63, 3.8) is 0 Å².